The van der Waals surface area contributed by atoms with Gasteiger partial charge in [0.2, 0.25) is 5.91 Å². The van der Waals surface area contributed by atoms with Crippen LogP contribution in [0.1, 0.15) is 36.0 Å². The molecule has 2 N–H and O–H groups in total. The maximum atomic E-state index is 12.1. The van der Waals surface area contributed by atoms with Crippen LogP contribution in [-0.4, -0.2) is 23.0 Å². The molecule has 1 amide bonds. The first kappa shape index (κ1) is 14.6. The largest absolute Gasteiger partial charge is 0.480 e. The van der Waals surface area contributed by atoms with Gasteiger partial charge >= 0.3 is 5.97 Å². The highest BCUT2D eigenvalue weighted by atomic mass is 16.4. The fourth-order valence-corrected chi connectivity index (χ4v) is 2.44. The molecule has 0 radical (unpaired) electrons. The lowest BCUT2D eigenvalue weighted by Crippen LogP contribution is -2.42. The molecule has 1 aliphatic carbocycles. The van der Waals surface area contributed by atoms with Gasteiger partial charge in [-0.15, -0.1) is 0 Å². The highest BCUT2D eigenvalue weighted by Crippen LogP contribution is 2.33. The quantitative estimate of drug-likeness (QED) is 0.836. The molecule has 0 spiro atoms. The summed E-state index contributed by atoms with van der Waals surface area (Å²) >= 11 is 0. The smallest absolute Gasteiger partial charge is 0.326 e. The molecule has 0 saturated heterocycles. The summed E-state index contributed by atoms with van der Waals surface area (Å²) in [4.78, 5) is 23.2. The van der Waals surface area contributed by atoms with Gasteiger partial charge in [0.05, 0.1) is 6.42 Å². The summed E-state index contributed by atoms with van der Waals surface area (Å²) in [6.07, 6.45) is 2.95. The molecule has 0 aromatic heterocycles. The first-order chi connectivity index (χ1) is 9.47. The minimum Gasteiger partial charge on any atom is -0.480 e. The van der Waals surface area contributed by atoms with Crippen LogP contribution in [0.4, 0.5) is 0 Å². The van der Waals surface area contributed by atoms with Crippen LogP contribution in [0.15, 0.2) is 18.2 Å². The molecule has 4 heteroatoms. The van der Waals surface area contributed by atoms with Gasteiger partial charge in [-0.2, -0.15) is 0 Å². The average Bonchev–Trinajstić information content (AvgIpc) is 3.17. The Kier molecular flexibility index (Phi) is 4.42. The lowest BCUT2D eigenvalue weighted by atomic mass is 9.99. The van der Waals surface area contributed by atoms with Gasteiger partial charge in [0.1, 0.15) is 6.04 Å². The van der Waals surface area contributed by atoms with Crippen molar-refractivity contribution in [2.75, 3.05) is 0 Å². The van der Waals surface area contributed by atoms with Crippen molar-refractivity contribution >= 4 is 11.9 Å². The predicted octanol–water partition coefficient (Wildman–Crippen LogP) is 2.22. The number of carbonyl (C=O) groups excluding carboxylic acids is 1. The molecule has 20 heavy (non-hydrogen) atoms. The van der Waals surface area contributed by atoms with Gasteiger partial charge in [0, 0.05) is 0 Å². The van der Waals surface area contributed by atoms with Crippen LogP contribution in [0.3, 0.4) is 0 Å². The summed E-state index contributed by atoms with van der Waals surface area (Å²) < 4.78 is 0. The van der Waals surface area contributed by atoms with E-state index < -0.39 is 12.0 Å². The number of aliphatic carboxylic acids is 1. The molecule has 1 fully saturated rings. The maximum Gasteiger partial charge on any atom is 0.326 e. The lowest BCUT2D eigenvalue weighted by molar-refractivity contribution is -0.142. The molecule has 0 bridgehead atoms. The number of rotatable bonds is 6. The van der Waals surface area contributed by atoms with Crippen molar-refractivity contribution in [2.24, 2.45) is 5.92 Å². The molecular weight excluding hydrogens is 254 g/mol. The van der Waals surface area contributed by atoms with Crippen LogP contribution in [-0.2, 0) is 16.0 Å². The molecule has 1 aliphatic rings. The number of aryl methyl sites for hydroxylation is 2. The van der Waals surface area contributed by atoms with E-state index in [-0.39, 0.29) is 12.3 Å². The molecule has 2 rings (SSSR count). The third-order valence-corrected chi connectivity index (χ3v) is 3.88. The molecule has 1 atom stereocenters. The van der Waals surface area contributed by atoms with Gasteiger partial charge in [0.15, 0.2) is 0 Å². The summed E-state index contributed by atoms with van der Waals surface area (Å²) in [5, 5.41) is 11.8. The Morgan fingerprint density at radius 3 is 2.40 bits per heavy atom. The van der Waals surface area contributed by atoms with Crippen molar-refractivity contribution < 1.29 is 14.7 Å². The zero-order chi connectivity index (χ0) is 14.7. The molecular formula is C16H21NO3. The zero-order valence-electron chi connectivity index (χ0n) is 12.0. The van der Waals surface area contributed by atoms with Crippen LogP contribution < -0.4 is 5.32 Å². The van der Waals surface area contributed by atoms with Gasteiger partial charge in [0.25, 0.3) is 0 Å². The molecule has 108 valence electrons. The van der Waals surface area contributed by atoms with Gasteiger partial charge in [-0.3, -0.25) is 4.79 Å². The summed E-state index contributed by atoms with van der Waals surface area (Å²) in [5.41, 5.74) is 3.11. The summed E-state index contributed by atoms with van der Waals surface area (Å²) in [7, 11) is 0. The number of carbonyl (C=O) groups is 2. The lowest BCUT2D eigenvalue weighted by Gasteiger charge is -2.15. The Labute approximate surface area is 119 Å². The Balaban J connectivity index is 1.98. The SMILES string of the molecule is Cc1cccc(C)c1CC(=O)NC(CC1CC1)C(=O)O. The number of hydrogen-bond acceptors (Lipinski definition) is 2. The summed E-state index contributed by atoms with van der Waals surface area (Å²) in [6, 6.07) is 5.14. The highest BCUT2D eigenvalue weighted by Gasteiger charge is 2.30. The van der Waals surface area contributed by atoms with Crippen LogP contribution in [0.25, 0.3) is 0 Å². The van der Waals surface area contributed by atoms with Crippen molar-refractivity contribution in [2.45, 2.75) is 45.6 Å². The van der Waals surface area contributed by atoms with Crippen molar-refractivity contribution in [1.82, 2.24) is 5.32 Å². The topological polar surface area (TPSA) is 66.4 Å². The van der Waals surface area contributed by atoms with Gasteiger partial charge in [-0.1, -0.05) is 31.0 Å². The fraction of sp³-hybridized carbons (Fsp3) is 0.500. The van der Waals surface area contributed by atoms with Gasteiger partial charge in [-0.25, -0.2) is 4.79 Å². The third kappa shape index (κ3) is 3.83. The summed E-state index contributed by atoms with van der Waals surface area (Å²) in [6.45, 7) is 3.93. The molecule has 1 saturated carbocycles. The minimum absolute atomic E-state index is 0.213. The van der Waals surface area contributed by atoms with E-state index in [0.717, 1.165) is 29.5 Å². The number of hydrogen-bond donors (Lipinski definition) is 2. The van der Waals surface area contributed by atoms with Crippen LogP contribution in [0, 0.1) is 19.8 Å². The van der Waals surface area contributed by atoms with Gasteiger partial charge in [-0.05, 0) is 42.9 Å². The normalized spacial score (nSPS) is 15.7. The number of carboxylic acids is 1. The van der Waals surface area contributed by atoms with Crippen LogP contribution in [0.5, 0.6) is 0 Å². The average molecular weight is 275 g/mol. The van der Waals surface area contributed by atoms with E-state index in [1.807, 2.05) is 32.0 Å². The number of nitrogens with one attached hydrogen (secondary N) is 1. The van der Waals surface area contributed by atoms with Crippen LogP contribution in [0.2, 0.25) is 0 Å². The minimum atomic E-state index is -0.938. The second kappa shape index (κ2) is 6.07. The standard InChI is InChI=1S/C16H21NO3/c1-10-4-3-5-11(2)13(10)9-15(18)17-14(16(19)20)8-12-6-7-12/h3-5,12,14H,6-9H2,1-2H3,(H,17,18)(H,19,20). The number of carboxylic acid groups (broad SMARTS) is 1. The second-order valence-electron chi connectivity index (χ2n) is 5.68. The highest BCUT2D eigenvalue weighted by molar-refractivity contribution is 5.85. The summed E-state index contributed by atoms with van der Waals surface area (Å²) in [5.74, 6) is -0.682. The van der Waals surface area contributed by atoms with E-state index in [9.17, 15) is 9.59 Å². The Morgan fingerprint density at radius 2 is 1.90 bits per heavy atom. The van der Waals surface area contributed by atoms with Crippen LogP contribution >= 0.6 is 0 Å². The van der Waals surface area contributed by atoms with Crippen molar-refractivity contribution in [3.05, 3.63) is 34.9 Å². The molecule has 0 heterocycles. The van der Waals surface area contributed by atoms with E-state index >= 15 is 0 Å². The first-order valence-electron chi connectivity index (χ1n) is 7.04. The van der Waals surface area contributed by atoms with Crippen molar-refractivity contribution in [1.29, 1.82) is 0 Å². The molecule has 4 nitrogen and oxygen atoms in total. The van der Waals surface area contributed by atoms with Crippen molar-refractivity contribution in [3.8, 4) is 0 Å². The Hall–Kier alpha value is -1.84. The molecule has 1 unspecified atom stereocenters. The number of amides is 1. The number of benzene rings is 1. The Bertz CT molecular complexity index is 500. The van der Waals surface area contributed by atoms with E-state index in [0.29, 0.717) is 12.3 Å². The predicted molar refractivity (Wildman–Crippen MR) is 76.5 cm³/mol. The van der Waals surface area contributed by atoms with E-state index in [4.69, 9.17) is 5.11 Å². The zero-order valence-corrected chi connectivity index (χ0v) is 12.0. The van der Waals surface area contributed by atoms with E-state index in [1.165, 1.54) is 0 Å². The third-order valence-electron chi connectivity index (χ3n) is 3.88. The van der Waals surface area contributed by atoms with Gasteiger partial charge < -0.3 is 10.4 Å². The molecule has 1 aromatic rings. The van der Waals surface area contributed by atoms with Crippen molar-refractivity contribution in [3.63, 3.8) is 0 Å². The monoisotopic (exact) mass is 275 g/mol. The molecule has 1 aromatic carbocycles. The second-order valence-corrected chi connectivity index (χ2v) is 5.68. The van der Waals surface area contributed by atoms with E-state index in [2.05, 4.69) is 5.32 Å². The Morgan fingerprint density at radius 1 is 1.30 bits per heavy atom. The first-order valence-corrected chi connectivity index (χ1v) is 7.04. The maximum absolute atomic E-state index is 12.1. The van der Waals surface area contributed by atoms with E-state index in [1.54, 1.807) is 0 Å². The fourth-order valence-electron chi connectivity index (χ4n) is 2.44. The molecule has 0 aliphatic heterocycles.